The second-order valence-electron chi connectivity index (χ2n) is 19.3. The fourth-order valence-electron chi connectivity index (χ4n) is 8.66. The third kappa shape index (κ3) is 44.4. The number of unbranched alkanes of at least 4 members (excludes halogenated alkanes) is 23. The van der Waals surface area contributed by atoms with Crippen LogP contribution in [0.4, 0.5) is 4.79 Å². The van der Waals surface area contributed by atoms with Crippen LogP contribution in [0.25, 0.3) is 0 Å². The van der Waals surface area contributed by atoms with Gasteiger partial charge in [-0.3, -0.25) is 14.5 Å². The molecule has 0 amide bonds. The van der Waals surface area contributed by atoms with Crippen LogP contribution >= 0.6 is 0 Å². The van der Waals surface area contributed by atoms with Crippen molar-refractivity contribution in [2.75, 3.05) is 59.1 Å². The van der Waals surface area contributed by atoms with Gasteiger partial charge in [0.15, 0.2) is 0 Å². The Hall–Kier alpha value is -2.13. The van der Waals surface area contributed by atoms with E-state index in [9.17, 15) is 14.4 Å². The zero-order valence-electron chi connectivity index (χ0n) is 44.7. The molecule has 9 heteroatoms. The first-order valence-electron chi connectivity index (χ1n) is 28.6. The molecule has 0 heterocycles. The number of esters is 2. The quantitative estimate of drug-likeness (QED) is 0.0256. The molecule has 0 aliphatic heterocycles. The molecule has 0 radical (unpaired) electrons. The summed E-state index contributed by atoms with van der Waals surface area (Å²) in [5, 5.41) is 0. The Morgan fingerprint density at radius 2 is 0.803 bits per heavy atom. The number of ether oxygens (including phenoxy) is 4. The molecule has 0 rings (SSSR count). The monoisotopic (exact) mass is 935 g/mol. The van der Waals surface area contributed by atoms with Crippen molar-refractivity contribution < 1.29 is 33.3 Å². The molecule has 0 aliphatic carbocycles. The smallest absolute Gasteiger partial charge is 0.465 e. The largest absolute Gasteiger partial charge is 0.508 e. The van der Waals surface area contributed by atoms with Crippen molar-refractivity contribution in [2.24, 2.45) is 5.92 Å². The number of hydrogen-bond donors (Lipinski definition) is 0. The Morgan fingerprint density at radius 1 is 0.409 bits per heavy atom. The van der Waals surface area contributed by atoms with Crippen molar-refractivity contribution in [3.8, 4) is 0 Å². The van der Waals surface area contributed by atoms with E-state index in [4.69, 9.17) is 18.9 Å². The lowest BCUT2D eigenvalue weighted by Gasteiger charge is -2.26. The highest BCUT2D eigenvalue weighted by Crippen LogP contribution is 2.21. The maximum atomic E-state index is 13.0. The van der Waals surface area contributed by atoms with Gasteiger partial charge in [0.2, 0.25) is 0 Å². The van der Waals surface area contributed by atoms with E-state index in [2.05, 4.69) is 63.5 Å². The number of carbonyl (C=O) groups is 3. The van der Waals surface area contributed by atoms with Crippen LogP contribution in [-0.2, 0) is 28.5 Å². The highest BCUT2D eigenvalue weighted by Gasteiger charge is 2.18. The zero-order valence-corrected chi connectivity index (χ0v) is 44.7. The molecule has 2 unspecified atom stereocenters. The molecule has 0 aromatic heterocycles. The summed E-state index contributed by atoms with van der Waals surface area (Å²) in [6.07, 6.45) is 43.3. The number of carbonyl (C=O) groups excluding carboxylic acids is 3. The molecule has 0 aromatic rings. The van der Waals surface area contributed by atoms with Gasteiger partial charge >= 0.3 is 18.1 Å². The number of hydrogen-bond acceptors (Lipinski definition) is 9. The van der Waals surface area contributed by atoms with Gasteiger partial charge in [0.1, 0.15) is 19.3 Å². The Bertz CT molecular complexity index is 1080. The molecule has 390 valence electrons. The van der Waals surface area contributed by atoms with E-state index < -0.39 is 6.16 Å². The summed E-state index contributed by atoms with van der Waals surface area (Å²) in [6, 6.07) is 0. The minimum Gasteiger partial charge on any atom is -0.465 e. The van der Waals surface area contributed by atoms with Crippen LogP contribution in [-0.4, -0.2) is 93.1 Å². The Kier molecular flexibility index (Phi) is 49.1. The summed E-state index contributed by atoms with van der Waals surface area (Å²) < 4.78 is 23.0. The summed E-state index contributed by atoms with van der Waals surface area (Å²) in [7, 11) is 0. The highest BCUT2D eigenvalue weighted by atomic mass is 16.7. The SMILES string of the molecule is CCCCCCCC/C=C\CCCCCCCC(=O)OCCN(CCOC(=O)OC(CCCCCC)CCCCC(=O)OCC(CCCCCC)CCCCCCCC)CCN(CC)CC. The van der Waals surface area contributed by atoms with E-state index in [1.165, 1.54) is 122 Å². The maximum Gasteiger partial charge on any atom is 0.508 e. The summed E-state index contributed by atoms with van der Waals surface area (Å²) in [5.41, 5.74) is 0. The lowest BCUT2D eigenvalue weighted by atomic mass is 9.95. The normalized spacial score (nSPS) is 12.6. The first-order valence-corrected chi connectivity index (χ1v) is 28.6. The summed E-state index contributed by atoms with van der Waals surface area (Å²) in [5.74, 6) is 0.238. The first-order chi connectivity index (χ1) is 32.3. The topological polar surface area (TPSA) is 94.6 Å². The van der Waals surface area contributed by atoms with Gasteiger partial charge in [-0.15, -0.1) is 0 Å². The Labute approximate surface area is 409 Å². The lowest BCUT2D eigenvalue weighted by molar-refractivity contribution is -0.145. The van der Waals surface area contributed by atoms with Gasteiger partial charge in [0, 0.05) is 39.0 Å². The molecule has 0 bridgehead atoms. The molecule has 0 N–H and O–H groups in total. The first kappa shape index (κ1) is 63.9. The van der Waals surface area contributed by atoms with Gasteiger partial charge in [-0.2, -0.15) is 0 Å². The second-order valence-corrected chi connectivity index (χ2v) is 19.3. The number of likely N-dealkylation sites (N-methyl/N-ethyl adjacent to an activating group) is 1. The second kappa shape index (κ2) is 50.7. The molecule has 0 fully saturated rings. The van der Waals surface area contributed by atoms with Crippen molar-refractivity contribution in [3.63, 3.8) is 0 Å². The minimum atomic E-state index is -0.625. The van der Waals surface area contributed by atoms with E-state index >= 15 is 0 Å². The zero-order chi connectivity index (χ0) is 48.4. The van der Waals surface area contributed by atoms with Crippen LogP contribution in [0.15, 0.2) is 12.2 Å². The summed E-state index contributed by atoms with van der Waals surface area (Å²) in [6.45, 7) is 19.2. The average molecular weight is 936 g/mol. The molecule has 66 heavy (non-hydrogen) atoms. The number of rotatable bonds is 51. The molecule has 2 atom stereocenters. The third-order valence-electron chi connectivity index (χ3n) is 13.3. The van der Waals surface area contributed by atoms with Crippen LogP contribution in [0.5, 0.6) is 0 Å². The van der Waals surface area contributed by atoms with Crippen molar-refractivity contribution in [2.45, 2.75) is 272 Å². The standard InChI is InChI=1S/C57H110N2O7/c1-7-13-17-21-23-24-25-26-27-28-29-30-31-33-37-44-55(60)63-50-48-59(47-46-58(11-5)12-6)49-51-64-57(62)66-54(42-36-20-16-10-4)43-38-39-45-56(61)65-52-53(40-34-19-15-9-3)41-35-32-22-18-14-8-2/h26-27,53-54H,7-25,28-52H2,1-6H3/b27-26-. The molecule has 0 aliphatic rings. The Morgan fingerprint density at radius 3 is 1.33 bits per heavy atom. The molecule has 0 saturated heterocycles. The third-order valence-corrected chi connectivity index (χ3v) is 13.3. The molecular formula is C57H110N2O7. The van der Waals surface area contributed by atoms with Crippen molar-refractivity contribution >= 4 is 18.1 Å². The predicted molar refractivity (Wildman–Crippen MR) is 279 cm³/mol. The molecule has 0 aromatic carbocycles. The Balaban J connectivity index is 4.71. The summed E-state index contributed by atoms with van der Waals surface area (Å²) in [4.78, 5) is 42.9. The average Bonchev–Trinajstić information content (AvgIpc) is 3.31. The van der Waals surface area contributed by atoms with Gasteiger partial charge in [-0.1, -0.05) is 189 Å². The highest BCUT2D eigenvalue weighted by molar-refractivity contribution is 5.69. The van der Waals surface area contributed by atoms with E-state index in [1.54, 1.807) is 0 Å². The van der Waals surface area contributed by atoms with Crippen molar-refractivity contribution in [1.82, 2.24) is 9.80 Å². The van der Waals surface area contributed by atoms with Gasteiger partial charge in [0.25, 0.3) is 0 Å². The van der Waals surface area contributed by atoms with Gasteiger partial charge in [0.05, 0.1) is 6.61 Å². The van der Waals surface area contributed by atoms with Gasteiger partial charge < -0.3 is 23.8 Å². The van der Waals surface area contributed by atoms with E-state index in [0.29, 0.717) is 51.5 Å². The van der Waals surface area contributed by atoms with Crippen LogP contribution < -0.4 is 0 Å². The van der Waals surface area contributed by atoms with Crippen LogP contribution in [0.1, 0.15) is 266 Å². The molecule has 0 spiro atoms. The maximum absolute atomic E-state index is 13.0. The molecule has 0 saturated carbocycles. The lowest BCUT2D eigenvalue weighted by Crippen LogP contribution is -2.39. The van der Waals surface area contributed by atoms with Gasteiger partial charge in [-0.25, -0.2) is 4.79 Å². The van der Waals surface area contributed by atoms with Crippen LogP contribution in [0, 0.1) is 5.92 Å². The summed E-state index contributed by atoms with van der Waals surface area (Å²) >= 11 is 0. The molecule has 9 nitrogen and oxygen atoms in total. The van der Waals surface area contributed by atoms with Crippen LogP contribution in [0.3, 0.4) is 0 Å². The van der Waals surface area contributed by atoms with E-state index in [-0.39, 0.29) is 24.6 Å². The minimum absolute atomic E-state index is 0.102. The number of nitrogens with zero attached hydrogens (tertiary/aromatic N) is 2. The van der Waals surface area contributed by atoms with E-state index in [1.807, 2.05) is 0 Å². The fourth-order valence-corrected chi connectivity index (χ4v) is 8.66. The fraction of sp³-hybridized carbons (Fsp3) is 0.912. The van der Waals surface area contributed by atoms with E-state index in [0.717, 1.165) is 110 Å². The molecular weight excluding hydrogens is 825 g/mol. The van der Waals surface area contributed by atoms with Gasteiger partial charge in [-0.05, 0) is 96.1 Å². The van der Waals surface area contributed by atoms with Crippen molar-refractivity contribution in [3.05, 3.63) is 12.2 Å². The van der Waals surface area contributed by atoms with Crippen LogP contribution in [0.2, 0.25) is 0 Å². The number of allylic oxidation sites excluding steroid dienone is 2. The predicted octanol–water partition coefficient (Wildman–Crippen LogP) is 16.1. The van der Waals surface area contributed by atoms with Crippen molar-refractivity contribution in [1.29, 1.82) is 0 Å².